The Morgan fingerprint density at radius 1 is 0.810 bits per heavy atom. The third-order valence-corrected chi connectivity index (χ3v) is 4.27. The minimum atomic E-state index is 1.06. The number of nitrogens with zero attached hydrogens (tertiary/aromatic N) is 2. The second kappa shape index (κ2) is 9.59. The smallest absolute Gasteiger partial charge is 0.0682 e. The highest BCUT2D eigenvalue weighted by Crippen LogP contribution is 2.14. The average Bonchev–Trinajstić information content (AvgIpc) is 2.92. The summed E-state index contributed by atoms with van der Waals surface area (Å²) in [7, 11) is 0. The van der Waals surface area contributed by atoms with Crippen LogP contribution in [0.1, 0.15) is 71.1 Å². The molecule has 0 saturated carbocycles. The van der Waals surface area contributed by atoms with E-state index >= 15 is 0 Å². The standard InChI is InChI=1S/C19H30N2/c1-2-3-4-5-6-7-8-9-10-13-16-21-19-15-12-11-14-18(19)17-20-21/h11-12,14-15,17H,2-10,13,16H2,1H3. The number of rotatable bonds is 11. The van der Waals surface area contributed by atoms with Crippen molar-refractivity contribution in [1.82, 2.24) is 9.78 Å². The molecular weight excluding hydrogens is 256 g/mol. The molecule has 0 N–H and O–H groups in total. The summed E-state index contributed by atoms with van der Waals surface area (Å²) in [5.41, 5.74) is 1.27. The molecule has 0 aliphatic heterocycles. The lowest BCUT2D eigenvalue weighted by atomic mass is 10.1. The van der Waals surface area contributed by atoms with E-state index in [9.17, 15) is 0 Å². The van der Waals surface area contributed by atoms with Gasteiger partial charge in [0.2, 0.25) is 0 Å². The molecule has 0 aliphatic carbocycles. The molecule has 0 saturated heterocycles. The normalized spacial score (nSPS) is 11.3. The first-order valence-corrected chi connectivity index (χ1v) is 8.82. The molecule has 0 aliphatic rings. The van der Waals surface area contributed by atoms with Crippen molar-refractivity contribution in [2.24, 2.45) is 0 Å². The predicted molar refractivity (Wildman–Crippen MR) is 91.6 cm³/mol. The second-order valence-electron chi connectivity index (χ2n) is 6.11. The van der Waals surface area contributed by atoms with Crippen LogP contribution in [0, 0.1) is 0 Å². The molecule has 0 atom stereocenters. The molecule has 21 heavy (non-hydrogen) atoms. The number of hydrogen-bond acceptors (Lipinski definition) is 1. The number of para-hydroxylation sites is 1. The highest BCUT2D eigenvalue weighted by atomic mass is 15.3. The quantitative estimate of drug-likeness (QED) is 0.466. The number of fused-ring (bicyclic) bond motifs is 1. The first-order chi connectivity index (χ1) is 10.4. The molecule has 0 unspecified atom stereocenters. The Morgan fingerprint density at radius 3 is 2.14 bits per heavy atom. The maximum Gasteiger partial charge on any atom is 0.0682 e. The number of aryl methyl sites for hydroxylation is 1. The largest absolute Gasteiger partial charge is 0.265 e. The van der Waals surface area contributed by atoms with E-state index in [-0.39, 0.29) is 0 Å². The maximum atomic E-state index is 4.49. The molecule has 1 aromatic carbocycles. The molecule has 2 aromatic rings. The molecule has 0 spiro atoms. The van der Waals surface area contributed by atoms with Gasteiger partial charge in [-0.15, -0.1) is 0 Å². The third kappa shape index (κ3) is 5.53. The highest BCUT2D eigenvalue weighted by Gasteiger charge is 2.00. The Hall–Kier alpha value is -1.31. The summed E-state index contributed by atoms with van der Waals surface area (Å²) in [4.78, 5) is 0. The van der Waals surface area contributed by atoms with E-state index in [1.165, 1.54) is 75.1 Å². The van der Waals surface area contributed by atoms with Gasteiger partial charge < -0.3 is 0 Å². The Balaban J connectivity index is 1.52. The van der Waals surface area contributed by atoms with Crippen molar-refractivity contribution < 1.29 is 0 Å². The summed E-state index contributed by atoms with van der Waals surface area (Å²) in [5, 5.41) is 5.74. The average molecular weight is 286 g/mol. The van der Waals surface area contributed by atoms with Crippen LogP contribution in [0.2, 0.25) is 0 Å². The van der Waals surface area contributed by atoms with E-state index in [0.29, 0.717) is 0 Å². The third-order valence-electron chi connectivity index (χ3n) is 4.27. The van der Waals surface area contributed by atoms with Gasteiger partial charge in [0.05, 0.1) is 11.7 Å². The minimum Gasteiger partial charge on any atom is -0.265 e. The molecule has 2 nitrogen and oxygen atoms in total. The summed E-state index contributed by atoms with van der Waals surface area (Å²) < 4.78 is 2.15. The van der Waals surface area contributed by atoms with E-state index in [0.717, 1.165) is 6.54 Å². The molecule has 116 valence electrons. The van der Waals surface area contributed by atoms with Gasteiger partial charge in [0.1, 0.15) is 0 Å². The van der Waals surface area contributed by atoms with Crippen molar-refractivity contribution in [2.45, 2.75) is 77.7 Å². The topological polar surface area (TPSA) is 17.8 Å². The van der Waals surface area contributed by atoms with Crippen LogP contribution in [-0.4, -0.2) is 9.78 Å². The summed E-state index contributed by atoms with van der Waals surface area (Å²) >= 11 is 0. The zero-order valence-corrected chi connectivity index (χ0v) is 13.6. The van der Waals surface area contributed by atoms with Crippen LogP contribution in [-0.2, 0) is 6.54 Å². The molecule has 0 fully saturated rings. The van der Waals surface area contributed by atoms with Crippen molar-refractivity contribution >= 4 is 10.9 Å². The van der Waals surface area contributed by atoms with Crippen LogP contribution in [0.5, 0.6) is 0 Å². The van der Waals surface area contributed by atoms with Crippen LogP contribution in [0.15, 0.2) is 30.5 Å². The van der Waals surface area contributed by atoms with Gasteiger partial charge in [-0.05, 0) is 12.5 Å². The predicted octanol–water partition coefficient (Wildman–Crippen LogP) is 5.96. The van der Waals surface area contributed by atoms with Gasteiger partial charge in [-0.3, -0.25) is 4.68 Å². The Morgan fingerprint density at radius 2 is 1.43 bits per heavy atom. The van der Waals surface area contributed by atoms with Crippen molar-refractivity contribution in [3.05, 3.63) is 30.5 Å². The highest BCUT2D eigenvalue weighted by molar-refractivity contribution is 5.78. The van der Waals surface area contributed by atoms with Crippen molar-refractivity contribution in [3.8, 4) is 0 Å². The molecule has 1 aromatic heterocycles. The Labute approximate surface area is 129 Å². The summed E-state index contributed by atoms with van der Waals surface area (Å²) in [6.07, 6.45) is 15.9. The summed E-state index contributed by atoms with van der Waals surface area (Å²) in [6, 6.07) is 8.48. The summed E-state index contributed by atoms with van der Waals surface area (Å²) in [6.45, 7) is 3.34. The number of hydrogen-bond donors (Lipinski definition) is 0. The zero-order chi connectivity index (χ0) is 14.8. The van der Waals surface area contributed by atoms with Gasteiger partial charge >= 0.3 is 0 Å². The van der Waals surface area contributed by atoms with Gasteiger partial charge in [0, 0.05) is 11.9 Å². The molecule has 0 bridgehead atoms. The van der Waals surface area contributed by atoms with Crippen molar-refractivity contribution in [1.29, 1.82) is 0 Å². The number of aromatic nitrogens is 2. The first-order valence-electron chi connectivity index (χ1n) is 8.82. The molecule has 2 heteroatoms. The second-order valence-corrected chi connectivity index (χ2v) is 6.11. The minimum absolute atomic E-state index is 1.06. The van der Waals surface area contributed by atoms with E-state index in [4.69, 9.17) is 0 Å². The molecule has 1 heterocycles. The van der Waals surface area contributed by atoms with Gasteiger partial charge in [-0.25, -0.2) is 0 Å². The van der Waals surface area contributed by atoms with Gasteiger partial charge in [-0.1, -0.05) is 82.9 Å². The summed E-state index contributed by atoms with van der Waals surface area (Å²) in [5.74, 6) is 0. The van der Waals surface area contributed by atoms with E-state index in [1.54, 1.807) is 0 Å². The van der Waals surface area contributed by atoms with Crippen LogP contribution in [0.4, 0.5) is 0 Å². The SMILES string of the molecule is CCCCCCCCCCCCn1ncc2ccccc21. The van der Waals surface area contributed by atoms with E-state index in [2.05, 4.69) is 41.0 Å². The lowest BCUT2D eigenvalue weighted by Gasteiger charge is -2.04. The van der Waals surface area contributed by atoms with Crippen LogP contribution in [0.3, 0.4) is 0 Å². The Bertz CT molecular complexity index is 501. The fraction of sp³-hybridized carbons (Fsp3) is 0.632. The lowest BCUT2D eigenvalue weighted by molar-refractivity contribution is 0.522. The van der Waals surface area contributed by atoms with Gasteiger partial charge in [-0.2, -0.15) is 5.10 Å². The van der Waals surface area contributed by atoms with Crippen molar-refractivity contribution in [3.63, 3.8) is 0 Å². The van der Waals surface area contributed by atoms with E-state index in [1.807, 2.05) is 6.20 Å². The fourth-order valence-corrected chi connectivity index (χ4v) is 2.95. The van der Waals surface area contributed by atoms with Gasteiger partial charge in [0.15, 0.2) is 0 Å². The lowest BCUT2D eigenvalue weighted by Crippen LogP contribution is -1.99. The molecule has 0 radical (unpaired) electrons. The van der Waals surface area contributed by atoms with Gasteiger partial charge in [0.25, 0.3) is 0 Å². The number of unbranched alkanes of at least 4 members (excludes halogenated alkanes) is 9. The fourth-order valence-electron chi connectivity index (χ4n) is 2.95. The maximum absolute atomic E-state index is 4.49. The molecular formula is C19H30N2. The monoisotopic (exact) mass is 286 g/mol. The molecule has 2 rings (SSSR count). The van der Waals surface area contributed by atoms with Crippen LogP contribution >= 0.6 is 0 Å². The van der Waals surface area contributed by atoms with E-state index < -0.39 is 0 Å². The molecule has 0 amide bonds. The van der Waals surface area contributed by atoms with Crippen LogP contribution in [0.25, 0.3) is 10.9 Å². The zero-order valence-electron chi connectivity index (χ0n) is 13.6. The first kappa shape index (κ1) is 16.1. The van der Waals surface area contributed by atoms with Crippen molar-refractivity contribution in [2.75, 3.05) is 0 Å². The number of benzene rings is 1. The van der Waals surface area contributed by atoms with Crippen LogP contribution < -0.4 is 0 Å². The Kier molecular flexibility index (Phi) is 7.34.